The van der Waals surface area contributed by atoms with E-state index in [1.54, 1.807) is 36.4 Å². The van der Waals surface area contributed by atoms with E-state index in [0.29, 0.717) is 22.8 Å². The van der Waals surface area contributed by atoms with Gasteiger partial charge in [-0.15, -0.1) is 0 Å². The first-order chi connectivity index (χ1) is 11.6. The van der Waals surface area contributed by atoms with E-state index < -0.39 is 11.9 Å². The molecule has 122 valence electrons. The number of carbonyl (C=O) groups excluding carboxylic acids is 2. The Bertz CT molecular complexity index is 848. The number of benzene rings is 1. The summed E-state index contributed by atoms with van der Waals surface area (Å²) in [6.07, 6.45) is 3.00. The molecule has 1 aromatic heterocycles. The number of hydrogen-bond acceptors (Lipinski definition) is 7. The second-order valence-corrected chi connectivity index (χ2v) is 4.82. The van der Waals surface area contributed by atoms with Crippen LogP contribution in [0.1, 0.15) is 18.2 Å². The third-order valence-electron chi connectivity index (χ3n) is 3.10. The number of methoxy groups -OCH3 is 1. The Labute approximate surface area is 137 Å². The Morgan fingerprint density at radius 1 is 1.25 bits per heavy atom. The number of rotatable bonds is 4. The van der Waals surface area contributed by atoms with E-state index in [1.165, 1.54) is 20.3 Å². The van der Waals surface area contributed by atoms with Crippen LogP contribution in [0.4, 0.5) is 0 Å². The van der Waals surface area contributed by atoms with E-state index in [4.69, 9.17) is 18.6 Å². The molecule has 1 aliphatic rings. The van der Waals surface area contributed by atoms with Crippen LogP contribution in [0.3, 0.4) is 0 Å². The Balaban J connectivity index is 1.90. The molecule has 2 heterocycles. The van der Waals surface area contributed by atoms with Crippen molar-refractivity contribution in [1.82, 2.24) is 0 Å². The van der Waals surface area contributed by atoms with Gasteiger partial charge in [0.2, 0.25) is 0 Å². The van der Waals surface area contributed by atoms with Crippen LogP contribution in [0.25, 0.3) is 6.08 Å². The van der Waals surface area contributed by atoms with E-state index >= 15 is 0 Å². The number of esters is 2. The number of cyclic esters (lactones) is 1. The molecule has 0 spiro atoms. The molecule has 0 atom stereocenters. The fourth-order valence-corrected chi connectivity index (χ4v) is 2.09. The zero-order valence-corrected chi connectivity index (χ0v) is 12.9. The van der Waals surface area contributed by atoms with Crippen molar-refractivity contribution in [3.8, 4) is 11.5 Å². The molecule has 0 unspecified atom stereocenters. The van der Waals surface area contributed by atoms with E-state index in [0.717, 1.165) is 0 Å². The highest BCUT2D eigenvalue weighted by Crippen LogP contribution is 2.30. The Hall–Kier alpha value is -3.35. The molecule has 0 fully saturated rings. The first-order valence-corrected chi connectivity index (χ1v) is 6.99. The van der Waals surface area contributed by atoms with Crippen LogP contribution in [0.2, 0.25) is 0 Å². The first kappa shape index (κ1) is 15.5. The summed E-state index contributed by atoms with van der Waals surface area (Å²) in [5, 5.41) is 0. The largest absolute Gasteiger partial charge is 0.493 e. The highest BCUT2D eigenvalue weighted by Gasteiger charge is 2.25. The van der Waals surface area contributed by atoms with Crippen molar-refractivity contribution in [3.63, 3.8) is 0 Å². The summed E-state index contributed by atoms with van der Waals surface area (Å²) < 4.78 is 20.4. The molecular formula is C17H13NO6. The SMILES string of the molecule is COc1cc(C=C2N=C(c3ccco3)OC2=O)ccc1OC(C)=O. The third-order valence-corrected chi connectivity index (χ3v) is 3.10. The summed E-state index contributed by atoms with van der Waals surface area (Å²) in [5.41, 5.74) is 0.767. The van der Waals surface area contributed by atoms with Gasteiger partial charge in [0.15, 0.2) is 23.0 Å². The average Bonchev–Trinajstić information content (AvgIpc) is 3.19. The van der Waals surface area contributed by atoms with E-state index in [1.807, 2.05) is 0 Å². The molecule has 0 radical (unpaired) electrons. The summed E-state index contributed by atoms with van der Waals surface area (Å²) >= 11 is 0. The molecule has 24 heavy (non-hydrogen) atoms. The fourth-order valence-electron chi connectivity index (χ4n) is 2.09. The predicted octanol–water partition coefficient (Wildman–Crippen LogP) is 2.56. The molecule has 0 saturated carbocycles. The lowest BCUT2D eigenvalue weighted by atomic mass is 10.1. The topological polar surface area (TPSA) is 87.3 Å². The fraction of sp³-hybridized carbons (Fsp3) is 0.118. The van der Waals surface area contributed by atoms with Gasteiger partial charge in [-0.25, -0.2) is 9.79 Å². The summed E-state index contributed by atoms with van der Waals surface area (Å²) in [5.74, 6) is 0.104. The highest BCUT2D eigenvalue weighted by atomic mass is 16.6. The number of nitrogens with zero attached hydrogens (tertiary/aromatic N) is 1. The van der Waals surface area contributed by atoms with Gasteiger partial charge in [0, 0.05) is 6.92 Å². The molecular weight excluding hydrogens is 314 g/mol. The number of hydrogen-bond donors (Lipinski definition) is 0. The van der Waals surface area contributed by atoms with Crippen LogP contribution in [0.15, 0.2) is 51.7 Å². The van der Waals surface area contributed by atoms with Crippen LogP contribution in [-0.2, 0) is 14.3 Å². The van der Waals surface area contributed by atoms with Crippen molar-refractivity contribution in [1.29, 1.82) is 0 Å². The van der Waals surface area contributed by atoms with Gasteiger partial charge in [-0.2, -0.15) is 0 Å². The zero-order valence-electron chi connectivity index (χ0n) is 12.9. The zero-order chi connectivity index (χ0) is 17.1. The van der Waals surface area contributed by atoms with Crippen molar-refractivity contribution in [3.05, 3.63) is 53.6 Å². The lowest BCUT2D eigenvalue weighted by molar-refractivity contribution is -0.132. The minimum Gasteiger partial charge on any atom is -0.493 e. The maximum Gasteiger partial charge on any atom is 0.363 e. The van der Waals surface area contributed by atoms with Crippen LogP contribution in [-0.4, -0.2) is 24.9 Å². The average molecular weight is 327 g/mol. The molecule has 0 N–H and O–H groups in total. The van der Waals surface area contributed by atoms with Gasteiger partial charge < -0.3 is 18.6 Å². The number of carbonyl (C=O) groups is 2. The second kappa shape index (κ2) is 6.41. The minimum absolute atomic E-state index is 0.111. The molecule has 1 aliphatic heterocycles. The lowest BCUT2D eigenvalue weighted by Crippen LogP contribution is -2.04. The monoisotopic (exact) mass is 327 g/mol. The number of ether oxygens (including phenoxy) is 3. The van der Waals surface area contributed by atoms with Crippen molar-refractivity contribution in [2.45, 2.75) is 6.92 Å². The van der Waals surface area contributed by atoms with Crippen molar-refractivity contribution < 1.29 is 28.2 Å². The smallest absolute Gasteiger partial charge is 0.363 e. The van der Waals surface area contributed by atoms with Crippen LogP contribution in [0, 0.1) is 0 Å². The number of aliphatic imine (C=N–C) groups is 1. The first-order valence-electron chi connectivity index (χ1n) is 6.99. The Morgan fingerprint density at radius 2 is 2.08 bits per heavy atom. The molecule has 0 bridgehead atoms. The molecule has 0 saturated heterocycles. The molecule has 0 aliphatic carbocycles. The molecule has 7 nitrogen and oxygen atoms in total. The van der Waals surface area contributed by atoms with Gasteiger partial charge in [-0.05, 0) is 35.9 Å². The number of furan rings is 1. The molecule has 7 heteroatoms. The predicted molar refractivity (Wildman–Crippen MR) is 83.6 cm³/mol. The summed E-state index contributed by atoms with van der Waals surface area (Å²) in [6.45, 7) is 1.30. The van der Waals surface area contributed by atoms with Gasteiger partial charge in [0.25, 0.3) is 5.90 Å². The molecule has 2 aromatic rings. The molecule has 1 aromatic carbocycles. The second-order valence-electron chi connectivity index (χ2n) is 4.82. The standard InChI is InChI=1S/C17H13NO6/c1-10(19)23-13-6-5-11(9-15(13)21-2)8-12-17(20)24-16(18-12)14-4-3-7-22-14/h3-9H,1-2H3. The van der Waals surface area contributed by atoms with Gasteiger partial charge in [0.1, 0.15) is 0 Å². The lowest BCUT2D eigenvalue weighted by Gasteiger charge is -2.08. The van der Waals surface area contributed by atoms with Crippen molar-refractivity contribution >= 4 is 23.9 Å². The van der Waals surface area contributed by atoms with Gasteiger partial charge >= 0.3 is 11.9 Å². The van der Waals surface area contributed by atoms with Crippen molar-refractivity contribution in [2.24, 2.45) is 4.99 Å². The summed E-state index contributed by atoms with van der Waals surface area (Å²) in [7, 11) is 1.45. The minimum atomic E-state index is -0.579. The third kappa shape index (κ3) is 3.19. The Morgan fingerprint density at radius 3 is 2.75 bits per heavy atom. The van der Waals surface area contributed by atoms with Gasteiger partial charge in [-0.1, -0.05) is 6.07 Å². The quantitative estimate of drug-likeness (QED) is 0.487. The van der Waals surface area contributed by atoms with E-state index in [2.05, 4.69) is 4.99 Å². The Kier molecular flexibility index (Phi) is 4.15. The van der Waals surface area contributed by atoms with Gasteiger partial charge in [0.05, 0.1) is 13.4 Å². The van der Waals surface area contributed by atoms with E-state index in [-0.39, 0.29) is 11.6 Å². The maximum atomic E-state index is 11.9. The summed E-state index contributed by atoms with van der Waals surface area (Å²) in [6, 6.07) is 8.18. The van der Waals surface area contributed by atoms with Crippen LogP contribution >= 0.6 is 0 Å². The van der Waals surface area contributed by atoms with Gasteiger partial charge in [-0.3, -0.25) is 4.79 Å². The maximum absolute atomic E-state index is 11.9. The highest BCUT2D eigenvalue weighted by molar-refractivity contribution is 6.11. The van der Waals surface area contributed by atoms with Crippen molar-refractivity contribution in [2.75, 3.05) is 7.11 Å². The molecule has 3 rings (SSSR count). The van der Waals surface area contributed by atoms with Crippen LogP contribution in [0.5, 0.6) is 11.5 Å². The van der Waals surface area contributed by atoms with Crippen LogP contribution < -0.4 is 9.47 Å². The summed E-state index contributed by atoms with van der Waals surface area (Å²) in [4.78, 5) is 27.1. The van der Waals surface area contributed by atoms with E-state index in [9.17, 15) is 9.59 Å². The molecule has 0 amide bonds. The normalized spacial score (nSPS) is 15.2.